The van der Waals surface area contributed by atoms with Crippen LogP contribution in [-0.2, 0) is 58.6 Å². The first-order valence-corrected chi connectivity index (χ1v) is 28.6. The van der Waals surface area contributed by atoms with Gasteiger partial charge in [-0.2, -0.15) is 5.26 Å². The molecule has 7 aromatic carbocycles. The van der Waals surface area contributed by atoms with Crippen LogP contribution in [0.3, 0.4) is 0 Å². The maximum Gasteiger partial charge on any atom is 3.00 e. The van der Waals surface area contributed by atoms with Gasteiger partial charge in [-0.05, 0) is 167 Å². The summed E-state index contributed by atoms with van der Waals surface area (Å²) < 4.78 is 18.1. The van der Waals surface area contributed by atoms with Crippen LogP contribution in [0.4, 0.5) is 0 Å². The van der Waals surface area contributed by atoms with E-state index in [0.29, 0.717) is 0 Å². The quantitative estimate of drug-likeness (QED) is 0.0960. The van der Waals surface area contributed by atoms with Gasteiger partial charge in [0.2, 0.25) is 0 Å². The van der Waals surface area contributed by atoms with Gasteiger partial charge in [-0.25, -0.2) is 0 Å². The zero-order valence-electron chi connectivity index (χ0n) is 47.1. The molecule has 0 saturated heterocycles. The van der Waals surface area contributed by atoms with Crippen molar-refractivity contribution in [1.29, 1.82) is 5.26 Å². The van der Waals surface area contributed by atoms with Crippen molar-refractivity contribution in [3.05, 3.63) is 257 Å². The standard InChI is InChI=1S/C75H63N4.Ir/c76-49-67-45-61-14-9-15-62(61)46-71(67)57-31-33-58(34-32-57)72-47-64(73-18-7-8-40-77-73)35-37-70(72)69-17-6-5-16-68(69)66-43-53(21-19-51-23-27-59(28-24-51)74-38-36-65(50-79-74)56-12-3-4-13-56)42-54(44-66)22-20-52-25-29-60(30-26-52)75-48-63(39-41-78-75)55-10-1-2-11-55;/h5-8,16-18,23-27,29,31-34,36-48,50,55-56H,1-4,9-15,19-22H2;/q-3;+3/i55D,56D;. The van der Waals surface area contributed by atoms with Crippen LogP contribution < -0.4 is 0 Å². The second kappa shape index (κ2) is 24.2. The van der Waals surface area contributed by atoms with E-state index in [-0.39, 0.29) is 20.1 Å². The Kier molecular flexibility index (Phi) is 15.3. The molecule has 0 aliphatic heterocycles. The van der Waals surface area contributed by atoms with Crippen molar-refractivity contribution in [3.8, 4) is 84.3 Å². The minimum atomic E-state index is -0.521. The third-order valence-corrected chi connectivity index (χ3v) is 16.8. The maximum absolute atomic E-state index is 10.3. The Morgan fingerprint density at radius 1 is 0.438 bits per heavy atom. The number of hydrogen-bond donors (Lipinski definition) is 0. The largest absolute Gasteiger partial charge is 3.00 e. The molecule has 0 amide bonds. The Hall–Kier alpha value is -7.87. The summed E-state index contributed by atoms with van der Waals surface area (Å²) in [5.41, 5.74) is 24.6. The van der Waals surface area contributed by atoms with Gasteiger partial charge in [0.05, 0.1) is 11.6 Å². The number of pyridine rings is 3. The van der Waals surface area contributed by atoms with Gasteiger partial charge in [0.15, 0.2) is 0 Å². The Balaban J connectivity index is 0.00000665. The molecule has 3 aliphatic carbocycles. The number of aryl methyl sites for hydroxylation is 6. The van der Waals surface area contributed by atoms with Gasteiger partial charge in [-0.15, -0.1) is 94.5 Å². The second-order valence-electron chi connectivity index (χ2n) is 21.9. The minimum absolute atomic E-state index is 0. The van der Waals surface area contributed by atoms with E-state index in [0.717, 1.165) is 186 Å². The molecular formula is C75H63IrN4. The maximum atomic E-state index is 10.3. The molecule has 5 heteroatoms. The fourth-order valence-corrected chi connectivity index (χ4v) is 12.4. The van der Waals surface area contributed by atoms with Crippen LogP contribution in [-0.4, -0.2) is 15.0 Å². The predicted octanol–water partition coefficient (Wildman–Crippen LogP) is 18.2. The molecule has 10 aromatic rings. The molecule has 0 radical (unpaired) electrons. The average molecular weight is 1210 g/mol. The monoisotopic (exact) mass is 1210 g/mol. The van der Waals surface area contributed by atoms with E-state index in [4.69, 9.17) is 17.7 Å². The minimum Gasteiger partial charge on any atom is -0.305 e. The van der Waals surface area contributed by atoms with Crippen LogP contribution in [0.5, 0.6) is 0 Å². The molecular weight excluding hydrogens is 1150 g/mol. The Bertz CT molecular complexity index is 3930. The Morgan fingerprint density at radius 2 is 1.04 bits per heavy atom. The van der Waals surface area contributed by atoms with E-state index < -0.39 is 11.8 Å². The SMILES string of the molecule is [2H]C1(c2ccc(-c3[c-]cc(CCc4cc(CCc5c[c-]c(-c6cc(C7([2H])CCCC7)ccn6)cc5)cc(-c5ccccc5-c5c[c-]c(-c6ccccn6)cc5-c5ccc(-c6cc7c(cc6C#N)CCC7)cc5)c4)cc3)nc2)CCCC1.[Ir+3]. The van der Waals surface area contributed by atoms with Crippen molar-refractivity contribution in [2.45, 2.75) is 108 Å². The van der Waals surface area contributed by atoms with Crippen LogP contribution >= 0.6 is 0 Å². The summed E-state index contributed by atoms with van der Waals surface area (Å²) in [5, 5.41) is 10.3. The van der Waals surface area contributed by atoms with Gasteiger partial charge in [0.1, 0.15) is 0 Å². The van der Waals surface area contributed by atoms with Gasteiger partial charge < -0.3 is 15.0 Å². The number of fused-ring (bicyclic) bond motifs is 1. The summed E-state index contributed by atoms with van der Waals surface area (Å²) in [6, 6.07) is 73.9. The number of nitrogens with zero attached hydrogens (tertiary/aromatic N) is 4. The van der Waals surface area contributed by atoms with E-state index in [1.165, 1.54) is 38.9 Å². The predicted molar refractivity (Wildman–Crippen MR) is 321 cm³/mol. The first kappa shape index (κ1) is 50.4. The van der Waals surface area contributed by atoms with Crippen molar-refractivity contribution >= 4 is 0 Å². The van der Waals surface area contributed by atoms with Crippen LogP contribution in [0.2, 0.25) is 0 Å². The molecule has 0 N–H and O–H groups in total. The average Bonchev–Trinajstić information content (AvgIpc) is 4.38. The fourth-order valence-electron chi connectivity index (χ4n) is 12.4. The second-order valence-corrected chi connectivity index (χ2v) is 21.9. The third kappa shape index (κ3) is 11.6. The first-order chi connectivity index (χ1) is 39.7. The molecule has 3 aliphatic rings. The van der Waals surface area contributed by atoms with Crippen LogP contribution in [0.25, 0.3) is 78.3 Å². The molecule has 3 heterocycles. The number of rotatable bonds is 15. The number of aromatic nitrogens is 3. The Labute approximate surface area is 489 Å². The van der Waals surface area contributed by atoms with Gasteiger partial charge in [-0.3, -0.25) is 0 Å². The first-order valence-electron chi connectivity index (χ1n) is 29.6. The van der Waals surface area contributed by atoms with Crippen molar-refractivity contribution in [1.82, 2.24) is 15.0 Å². The molecule has 0 bridgehead atoms. The molecule has 4 nitrogen and oxygen atoms in total. The summed E-state index contributed by atoms with van der Waals surface area (Å²) >= 11 is 0. The summed E-state index contributed by atoms with van der Waals surface area (Å²) in [6.45, 7) is 0. The molecule has 13 rings (SSSR count). The number of benzene rings is 7. The van der Waals surface area contributed by atoms with E-state index >= 15 is 0 Å². The molecule has 0 spiro atoms. The molecule has 3 aromatic heterocycles. The third-order valence-electron chi connectivity index (χ3n) is 16.8. The molecule has 2 fully saturated rings. The number of hydrogen-bond acceptors (Lipinski definition) is 4. The van der Waals surface area contributed by atoms with E-state index in [1.54, 1.807) is 0 Å². The topological polar surface area (TPSA) is 62.5 Å². The molecule has 2 saturated carbocycles. The zero-order chi connectivity index (χ0) is 54.8. The van der Waals surface area contributed by atoms with E-state index in [9.17, 15) is 5.26 Å². The summed E-state index contributed by atoms with van der Waals surface area (Å²) in [4.78, 5) is 14.3. The molecule has 0 atom stereocenters. The van der Waals surface area contributed by atoms with Crippen LogP contribution in [0.1, 0.15) is 122 Å². The van der Waals surface area contributed by atoms with Crippen molar-refractivity contribution in [3.63, 3.8) is 0 Å². The summed E-state index contributed by atoms with van der Waals surface area (Å²) in [6.07, 6.45) is 20.3. The van der Waals surface area contributed by atoms with E-state index in [2.05, 4.69) is 170 Å². The summed E-state index contributed by atoms with van der Waals surface area (Å²) in [7, 11) is 0. The molecule has 392 valence electrons. The van der Waals surface area contributed by atoms with Gasteiger partial charge >= 0.3 is 20.1 Å². The van der Waals surface area contributed by atoms with Crippen molar-refractivity contribution in [2.75, 3.05) is 0 Å². The fraction of sp³-hybridized carbons (Fsp3) is 0.227. The van der Waals surface area contributed by atoms with Crippen LogP contribution in [0.15, 0.2) is 188 Å². The smallest absolute Gasteiger partial charge is 0.305 e. The zero-order valence-corrected chi connectivity index (χ0v) is 47.5. The molecule has 80 heavy (non-hydrogen) atoms. The van der Waals surface area contributed by atoms with Gasteiger partial charge in [0.25, 0.3) is 0 Å². The van der Waals surface area contributed by atoms with Gasteiger partial charge in [-0.1, -0.05) is 158 Å². The van der Waals surface area contributed by atoms with Gasteiger partial charge in [0, 0.05) is 21.3 Å². The van der Waals surface area contributed by atoms with Crippen LogP contribution in [0, 0.1) is 29.5 Å². The normalized spacial score (nSPS) is 15.3. The molecule has 0 unspecified atom stereocenters. The summed E-state index contributed by atoms with van der Waals surface area (Å²) in [5.74, 6) is -1.03. The Morgan fingerprint density at radius 3 is 1.68 bits per heavy atom. The van der Waals surface area contributed by atoms with Crippen molar-refractivity contribution in [2.24, 2.45) is 0 Å². The van der Waals surface area contributed by atoms with Crippen molar-refractivity contribution < 1.29 is 22.8 Å². The number of nitriles is 1. The van der Waals surface area contributed by atoms with E-state index in [1.807, 2.05) is 42.9 Å².